The van der Waals surface area contributed by atoms with Gasteiger partial charge in [-0.15, -0.1) is 0 Å². The summed E-state index contributed by atoms with van der Waals surface area (Å²) in [4.78, 5) is 19.6. The smallest absolute Gasteiger partial charge is 0.236 e. The summed E-state index contributed by atoms with van der Waals surface area (Å²) in [5.41, 5.74) is 2.73. The molecule has 4 heteroatoms. The molecule has 0 unspecified atom stereocenters. The molecule has 2 aromatic rings. The van der Waals surface area contributed by atoms with E-state index in [0.717, 1.165) is 45.8 Å². The van der Waals surface area contributed by atoms with Gasteiger partial charge >= 0.3 is 0 Å². The van der Waals surface area contributed by atoms with Crippen molar-refractivity contribution in [2.75, 3.05) is 52.4 Å². The van der Waals surface area contributed by atoms with Crippen molar-refractivity contribution >= 4 is 5.91 Å². The SMILES string of the molecule is O=C(CN1CCCCC1)N1CCN(CC(c2ccccc2)c2ccccc2)CC1. The van der Waals surface area contributed by atoms with Crippen LogP contribution in [-0.2, 0) is 4.79 Å². The Hall–Kier alpha value is -2.17. The first-order valence-corrected chi connectivity index (χ1v) is 11.1. The zero-order valence-corrected chi connectivity index (χ0v) is 17.4. The number of rotatable bonds is 6. The molecule has 0 N–H and O–H groups in total. The highest BCUT2D eigenvalue weighted by atomic mass is 16.2. The van der Waals surface area contributed by atoms with Crippen LogP contribution in [0.1, 0.15) is 36.3 Å². The Bertz CT molecular complexity index is 711. The van der Waals surface area contributed by atoms with Gasteiger partial charge in [-0.25, -0.2) is 0 Å². The van der Waals surface area contributed by atoms with Crippen molar-refractivity contribution in [3.63, 3.8) is 0 Å². The number of likely N-dealkylation sites (tertiary alicyclic amines) is 1. The predicted molar refractivity (Wildman–Crippen MR) is 118 cm³/mol. The molecule has 4 nitrogen and oxygen atoms in total. The van der Waals surface area contributed by atoms with Crippen molar-refractivity contribution in [1.29, 1.82) is 0 Å². The average molecular weight is 392 g/mol. The van der Waals surface area contributed by atoms with Crippen molar-refractivity contribution in [3.05, 3.63) is 71.8 Å². The number of hydrogen-bond donors (Lipinski definition) is 0. The van der Waals surface area contributed by atoms with Crippen LogP contribution < -0.4 is 0 Å². The standard InChI is InChI=1S/C25H33N3O/c29-25(21-26-14-8-3-9-15-26)28-18-16-27(17-19-28)20-24(22-10-4-1-5-11-22)23-12-6-2-7-13-23/h1-2,4-7,10-13,24H,3,8-9,14-21H2. The van der Waals surface area contributed by atoms with E-state index >= 15 is 0 Å². The number of carbonyl (C=O) groups excluding carboxylic acids is 1. The third-order valence-electron chi connectivity index (χ3n) is 6.38. The summed E-state index contributed by atoms with van der Waals surface area (Å²) in [6.07, 6.45) is 3.79. The molecular weight excluding hydrogens is 358 g/mol. The van der Waals surface area contributed by atoms with Crippen molar-refractivity contribution in [2.45, 2.75) is 25.2 Å². The molecule has 2 aliphatic rings. The highest BCUT2D eigenvalue weighted by Gasteiger charge is 2.25. The fraction of sp³-hybridized carbons (Fsp3) is 0.480. The van der Waals surface area contributed by atoms with Crippen LogP contribution in [0.25, 0.3) is 0 Å². The van der Waals surface area contributed by atoms with E-state index in [4.69, 9.17) is 0 Å². The van der Waals surface area contributed by atoms with E-state index in [1.54, 1.807) is 0 Å². The molecule has 0 radical (unpaired) electrons. The number of nitrogens with zero attached hydrogens (tertiary/aromatic N) is 3. The lowest BCUT2D eigenvalue weighted by atomic mass is 9.90. The van der Waals surface area contributed by atoms with Crippen LogP contribution in [0, 0.1) is 0 Å². The van der Waals surface area contributed by atoms with Crippen molar-refractivity contribution in [1.82, 2.24) is 14.7 Å². The summed E-state index contributed by atoms with van der Waals surface area (Å²) in [5.74, 6) is 0.683. The van der Waals surface area contributed by atoms with Gasteiger partial charge in [0, 0.05) is 38.6 Å². The Morgan fingerprint density at radius 2 is 1.24 bits per heavy atom. The van der Waals surface area contributed by atoms with Gasteiger partial charge in [-0.2, -0.15) is 0 Å². The number of carbonyl (C=O) groups is 1. The molecule has 2 fully saturated rings. The van der Waals surface area contributed by atoms with E-state index in [0.29, 0.717) is 18.4 Å². The maximum atomic E-state index is 12.7. The molecule has 0 saturated carbocycles. The first kappa shape index (κ1) is 20.1. The molecular formula is C25H33N3O. The molecule has 2 aromatic carbocycles. The van der Waals surface area contributed by atoms with Crippen LogP contribution in [0.4, 0.5) is 0 Å². The largest absolute Gasteiger partial charge is 0.339 e. The second-order valence-corrected chi connectivity index (χ2v) is 8.39. The Morgan fingerprint density at radius 3 is 1.79 bits per heavy atom. The summed E-state index contributed by atoms with van der Waals surface area (Å²) in [6, 6.07) is 21.6. The zero-order chi connectivity index (χ0) is 19.9. The van der Waals surface area contributed by atoms with Crippen molar-refractivity contribution in [2.24, 2.45) is 0 Å². The Kier molecular flexibility index (Phi) is 6.96. The van der Waals surface area contributed by atoms with Gasteiger partial charge < -0.3 is 4.90 Å². The monoisotopic (exact) mass is 391 g/mol. The molecule has 0 atom stereocenters. The van der Waals surface area contributed by atoms with E-state index in [2.05, 4.69) is 75.4 Å². The lowest BCUT2D eigenvalue weighted by molar-refractivity contribution is -0.134. The molecule has 0 aliphatic carbocycles. The summed E-state index contributed by atoms with van der Waals surface area (Å²) in [6.45, 7) is 7.40. The Morgan fingerprint density at radius 1 is 0.690 bits per heavy atom. The van der Waals surface area contributed by atoms with Crippen LogP contribution in [0.3, 0.4) is 0 Å². The maximum Gasteiger partial charge on any atom is 0.236 e. The second-order valence-electron chi connectivity index (χ2n) is 8.39. The van der Waals surface area contributed by atoms with Crippen LogP contribution in [-0.4, -0.2) is 73.0 Å². The minimum atomic E-state index is 0.314. The molecule has 29 heavy (non-hydrogen) atoms. The van der Waals surface area contributed by atoms with Crippen LogP contribution in [0.5, 0.6) is 0 Å². The molecule has 0 bridgehead atoms. The lowest BCUT2D eigenvalue weighted by Gasteiger charge is -2.38. The van der Waals surface area contributed by atoms with E-state index < -0.39 is 0 Å². The Labute approximate surface area is 175 Å². The first-order chi connectivity index (χ1) is 14.3. The molecule has 2 heterocycles. The minimum Gasteiger partial charge on any atom is -0.339 e. The number of amides is 1. The number of piperazine rings is 1. The fourth-order valence-corrected chi connectivity index (χ4v) is 4.62. The predicted octanol–water partition coefficient (Wildman–Crippen LogP) is 3.45. The molecule has 2 aliphatic heterocycles. The minimum absolute atomic E-state index is 0.314. The molecule has 4 rings (SSSR count). The molecule has 154 valence electrons. The van der Waals surface area contributed by atoms with E-state index in [-0.39, 0.29) is 0 Å². The normalized spacial score (nSPS) is 18.9. The first-order valence-electron chi connectivity index (χ1n) is 11.1. The number of hydrogen-bond acceptors (Lipinski definition) is 3. The van der Waals surface area contributed by atoms with Crippen LogP contribution in [0.15, 0.2) is 60.7 Å². The lowest BCUT2D eigenvalue weighted by Crippen LogP contribution is -2.52. The second kappa shape index (κ2) is 10.0. The topological polar surface area (TPSA) is 26.8 Å². The highest BCUT2D eigenvalue weighted by Crippen LogP contribution is 2.26. The molecule has 1 amide bonds. The van der Waals surface area contributed by atoms with Gasteiger partial charge in [0.25, 0.3) is 0 Å². The summed E-state index contributed by atoms with van der Waals surface area (Å²) < 4.78 is 0. The van der Waals surface area contributed by atoms with E-state index in [1.807, 2.05) is 0 Å². The molecule has 0 aromatic heterocycles. The van der Waals surface area contributed by atoms with Gasteiger partial charge in [0.15, 0.2) is 0 Å². The number of piperidine rings is 1. The summed E-state index contributed by atoms with van der Waals surface area (Å²) in [5, 5.41) is 0. The average Bonchev–Trinajstić information content (AvgIpc) is 2.80. The van der Waals surface area contributed by atoms with E-state index in [9.17, 15) is 4.79 Å². The third-order valence-corrected chi connectivity index (χ3v) is 6.38. The van der Waals surface area contributed by atoms with Gasteiger partial charge in [-0.1, -0.05) is 67.1 Å². The van der Waals surface area contributed by atoms with E-state index in [1.165, 1.54) is 30.4 Å². The quantitative estimate of drug-likeness (QED) is 0.755. The summed E-state index contributed by atoms with van der Waals surface area (Å²) >= 11 is 0. The van der Waals surface area contributed by atoms with Gasteiger partial charge in [0.1, 0.15) is 0 Å². The van der Waals surface area contributed by atoms with Gasteiger partial charge in [-0.3, -0.25) is 14.6 Å². The zero-order valence-electron chi connectivity index (χ0n) is 17.4. The fourth-order valence-electron chi connectivity index (χ4n) is 4.62. The number of benzene rings is 2. The maximum absolute atomic E-state index is 12.7. The highest BCUT2D eigenvalue weighted by molar-refractivity contribution is 5.78. The van der Waals surface area contributed by atoms with Crippen molar-refractivity contribution < 1.29 is 4.79 Å². The molecule has 2 saturated heterocycles. The Balaban J connectivity index is 1.34. The van der Waals surface area contributed by atoms with Crippen LogP contribution in [0.2, 0.25) is 0 Å². The van der Waals surface area contributed by atoms with Crippen molar-refractivity contribution in [3.8, 4) is 0 Å². The van der Waals surface area contributed by atoms with Gasteiger partial charge in [0.2, 0.25) is 5.91 Å². The van der Waals surface area contributed by atoms with Gasteiger partial charge in [-0.05, 0) is 37.1 Å². The summed E-state index contributed by atoms with van der Waals surface area (Å²) in [7, 11) is 0. The van der Waals surface area contributed by atoms with Crippen LogP contribution >= 0.6 is 0 Å². The third kappa shape index (κ3) is 5.46. The van der Waals surface area contributed by atoms with Gasteiger partial charge in [0.05, 0.1) is 6.54 Å². The molecule has 0 spiro atoms.